The van der Waals surface area contributed by atoms with Crippen molar-refractivity contribution < 1.29 is 15.0 Å². The molecule has 0 bridgehead atoms. The third kappa shape index (κ3) is 2.25. The van der Waals surface area contributed by atoms with Crippen molar-refractivity contribution in [3.05, 3.63) is 29.8 Å². The van der Waals surface area contributed by atoms with Crippen molar-refractivity contribution in [1.82, 2.24) is 0 Å². The largest absolute Gasteiger partial charge is 0.508 e. The normalized spacial score (nSPS) is 11.3. The molecule has 0 spiro atoms. The average molecular weight is 194 g/mol. The van der Waals surface area contributed by atoms with Gasteiger partial charge in [-0.05, 0) is 6.07 Å². The summed E-state index contributed by atoms with van der Waals surface area (Å²) < 4.78 is 0. The lowest BCUT2D eigenvalue weighted by Crippen LogP contribution is -2.21. The van der Waals surface area contributed by atoms with Crippen molar-refractivity contribution >= 4 is 5.97 Å². The Labute approximate surface area is 83.0 Å². The van der Waals surface area contributed by atoms with Gasteiger partial charge in [-0.15, -0.1) is 0 Å². The molecule has 0 saturated heterocycles. The molecule has 1 rings (SSSR count). The number of carboxylic acids is 1. The van der Waals surface area contributed by atoms with Gasteiger partial charge >= 0.3 is 5.97 Å². The van der Waals surface area contributed by atoms with E-state index in [1.807, 2.05) is 0 Å². The molecule has 3 heteroatoms. The van der Waals surface area contributed by atoms with E-state index in [4.69, 9.17) is 5.11 Å². The fourth-order valence-electron chi connectivity index (χ4n) is 1.52. The lowest BCUT2D eigenvalue weighted by Gasteiger charge is -2.23. The molecule has 0 aliphatic heterocycles. The Balaban J connectivity index is 3.03. The number of phenolic OH excluding ortho intramolecular Hbond substituents is 1. The zero-order valence-corrected chi connectivity index (χ0v) is 8.32. The molecular weight excluding hydrogens is 180 g/mol. The van der Waals surface area contributed by atoms with E-state index in [9.17, 15) is 9.90 Å². The summed E-state index contributed by atoms with van der Waals surface area (Å²) in [6, 6.07) is 6.82. The van der Waals surface area contributed by atoms with E-state index in [0.717, 1.165) is 0 Å². The molecule has 1 aromatic rings. The van der Waals surface area contributed by atoms with Crippen LogP contribution in [0.1, 0.15) is 25.8 Å². The van der Waals surface area contributed by atoms with Crippen molar-refractivity contribution in [2.24, 2.45) is 0 Å². The second-order valence-corrected chi connectivity index (χ2v) is 3.97. The van der Waals surface area contributed by atoms with Gasteiger partial charge in [0, 0.05) is 11.0 Å². The van der Waals surface area contributed by atoms with E-state index in [1.54, 1.807) is 38.1 Å². The summed E-state index contributed by atoms with van der Waals surface area (Å²) in [5.41, 5.74) is 0.124. The molecule has 0 atom stereocenters. The Hall–Kier alpha value is -1.51. The van der Waals surface area contributed by atoms with Crippen LogP contribution in [0.4, 0.5) is 0 Å². The zero-order valence-electron chi connectivity index (χ0n) is 8.32. The number of hydrogen-bond donors (Lipinski definition) is 2. The van der Waals surface area contributed by atoms with Gasteiger partial charge < -0.3 is 10.2 Å². The summed E-state index contributed by atoms with van der Waals surface area (Å²) in [7, 11) is 0. The highest BCUT2D eigenvalue weighted by molar-refractivity contribution is 5.69. The van der Waals surface area contributed by atoms with Gasteiger partial charge in [-0.1, -0.05) is 32.0 Å². The van der Waals surface area contributed by atoms with Gasteiger partial charge in [0.25, 0.3) is 0 Å². The molecule has 0 aliphatic rings. The minimum absolute atomic E-state index is 0.00454. The first kappa shape index (κ1) is 10.6. The molecule has 0 unspecified atom stereocenters. The van der Waals surface area contributed by atoms with E-state index in [-0.39, 0.29) is 12.2 Å². The molecular formula is C11H14O3. The zero-order chi connectivity index (χ0) is 10.8. The molecule has 0 saturated carbocycles. The van der Waals surface area contributed by atoms with Crippen LogP contribution in [0.5, 0.6) is 5.75 Å². The van der Waals surface area contributed by atoms with Crippen LogP contribution >= 0.6 is 0 Å². The second kappa shape index (κ2) is 3.70. The van der Waals surface area contributed by atoms with Gasteiger partial charge in [-0.3, -0.25) is 4.79 Å². The van der Waals surface area contributed by atoms with Crippen molar-refractivity contribution in [3.8, 4) is 5.75 Å². The average Bonchev–Trinajstić information content (AvgIpc) is 2.02. The summed E-state index contributed by atoms with van der Waals surface area (Å²) in [6.07, 6.45) is 0.00454. The number of carbonyl (C=O) groups is 1. The van der Waals surface area contributed by atoms with Gasteiger partial charge in [0.2, 0.25) is 0 Å². The SMILES string of the molecule is CC(C)(CC(=O)O)c1ccccc1O. The molecule has 0 fully saturated rings. The standard InChI is InChI=1S/C11H14O3/c1-11(2,7-10(13)14)8-5-3-4-6-9(8)12/h3-6,12H,7H2,1-2H3,(H,13,14). The molecule has 14 heavy (non-hydrogen) atoms. The third-order valence-corrected chi connectivity index (χ3v) is 2.23. The maximum absolute atomic E-state index is 10.6. The highest BCUT2D eigenvalue weighted by atomic mass is 16.4. The summed E-state index contributed by atoms with van der Waals surface area (Å²) in [5, 5.41) is 18.3. The maximum Gasteiger partial charge on any atom is 0.304 e. The van der Waals surface area contributed by atoms with E-state index in [0.29, 0.717) is 5.56 Å². The number of phenols is 1. The molecule has 0 radical (unpaired) electrons. The van der Waals surface area contributed by atoms with E-state index < -0.39 is 11.4 Å². The lowest BCUT2D eigenvalue weighted by molar-refractivity contribution is -0.138. The first-order chi connectivity index (χ1) is 6.43. The monoisotopic (exact) mass is 194 g/mol. The Morgan fingerprint density at radius 1 is 1.36 bits per heavy atom. The molecule has 0 aromatic heterocycles. The fraction of sp³-hybridized carbons (Fsp3) is 0.364. The number of para-hydroxylation sites is 1. The predicted molar refractivity (Wildman–Crippen MR) is 53.4 cm³/mol. The predicted octanol–water partition coefficient (Wildman–Crippen LogP) is 2.14. The summed E-state index contributed by atoms with van der Waals surface area (Å²) >= 11 is 0. The third-order valence-electron chi connectivity index (χ3n) is 2.23. The van der Waals surface area contributed by atoms with Crippen molar-refractivity contribution in [2.45, 2.75) is 25.7 Å². The number of carboxylic acid groups (broad SMARTS) is 1. The van der Waals surface area contributed by atoms with Crippen LogP contribution in [0.25, 0.3) is 0 Å². The van der Waals surface area contributed by atoms with Crippen LogP contribution in [0, 0.1) is 0 Å². The Kier molecular flexibility index (Phi) is 2.79. The summed E-state index contributed by atoms with van der Waals surface area (Å²) in [4.78, 5) is 10.6. The first-order valence-corrected chi connectivity index (χ1v) is 4.44. The van der Waals surface area contributed by atoms with Crippen molar-refractivity contribution in [3.63, 3.8) is 0 Å². The molecule has 2 N–H and O–H groups in total. The maximum atomic E-state index is 10.6. The van der Waals surface area contributed by atoms with Crippen LogP contribution in [0.2, 0.25) is 0 Å². The highest BCUT2D eigenvalue weighted by Gasteiger charge is 2.26. The first-order valence-electron chi connectivity index (χ1n) is 4.44. The molecule has 1 aromatic carbocycles. The van der Waals surface area contributed by atoms with Crippen LogP contribution in [0.3, 0.4) is 0 Å². The molecule has 76 valence electrons. The number of aromatic hydroxyl groups is 1. The van der Waals surface area contributed by atoms with Gasteiger partial charge in [0.15, 0.2) is 0 Å². The van der Waals surface area contributed by atoms with Gasteiger partial charge in [0.05, 0.1) is 6.42 Å². The number of aliphatic carboxylic acids is 1. The van der Waals surface area contributed by atoms with Crippen molar-refractivity contribution in [2.75, 3.05) is 0 Å². The van der Waals surface area contributed by atoms with Gasteiger partial charge in [-0.2, -0.15) is 0 Å². The van der Waals surface area contributed by atoms with Crippen LogP contribution in [0.15, 0.2) is 24.3 Å². The smallest absolute Gasteiger partial charge is 0.304 e. The topological polar surface area (TPSA) is 57.5 Å². The van der Waals surface area contributed by atoms with E-state index in [1.165, 1.54) is 0 Å². The minimum atomic E-state index is -0.863. The highest BCUT2D eigenvalue weighted by Crippen LogP contribution is 2.33. The molecule has 0 heterocycles. The fourth-order valence-corrected chi connectivity index (χ4v) is 1.52. The second-order valence-electron chi connectivity index (χ2n) is 3.97. The summed E-state index contributed by atoms with van der Waals surface area (Å²) in [5.74, 6) is -0.711. The Bertz CT molecular complexity index is 342. The van der Waals surface area contributed by atoms with Crippen molar-refractivity contribution in [1.29, 1.82) is 0 Å². The van der Waals surface area contributed by atoms with E-state index >= 15 is 0 Å². The van der Waals surface area contributed by atoms with E-state index in [2.05, 4.69) is 0 Å². The lowest BCUT2D eigenvalue weighted by atomic mass is 9.81. The van der Waals surface area contributed by atoms with Crippen LogP contribution in [-0.2, 0) is 10.2 Å². The quantitative estimate of drug-likeness (QED) is 0.775. The Morgan fingerprint density at radius 3 is 2.43 bits per heavy atom. The molecule has 3 nitrogen and oxygen atoms in total. The minimum Gasteiger partial charge on any atom is -0.508 e. The number of benzene rings is 1. The Morgan fingerprint density at radius 2 is 1.93 bits per heavy atom. The number of hydrogen-bond acceptors (Lipinski definition) is 2. The molecule has 0 aliphatic carbocycles. The van der Waals surface area contributed by atoms with Crippen LogP contribution < -0.4 is 0 Å². The molecule has 0 amide bonds. The van der Waals surface area contributed by atoms with Gasteiger partial charge in [-0.25, -0.2) is 0 Å². The van der Waals surface area contributed by atoms with Crippen LogP contribution in [-0.4, -0.2) is 16.2 Å². The number of rotatable bonds is 3. The van der Waals surface area contributed by atoms with Gasteiger partial charge in [0.1, 0.15) is 5.75 Å². The summed E-state index contributed by atoms with van der Waals surface area (Å²) in [6.45, 7) is 3.60.